The maximum atomic E-state index is 8.84. The summed E-state index contributed by atoms with van der Waals surface area (Å²) in [4.78, 5) is 5.82. The van der Waals surface area contributed by atoms with Crippen LogP contribution in [0.15, 0.2) is 18.3 Å². The number of hydrogen-bond acceptors (Lipinski definition) is 3. The molecule has 0 aliphatic rings. The van der Waals surface area contributed by atoms with Crippen molar-refractivity contribution >= 4 is 5.82 Å². The number of hydrogen-bond donors (Lipinski definition) is 1. The lowest BCUT2D eigenvalue weighted by atomic mass is 10.2. The fourth-order valence-corrected chi connectivity index (χ4v) is 0.962. The number of nitrogens with zero attached hydrogens (tertiary/aromatic N) is 2. The van der Waals surface area contributed by atoms with E-state index in [4.69, 9.17) is 5.11 Å². The normalized spacial score (nSPS) is 9.92. The van der Waals surface area contributed by atoms with Crippen molar-refractivity contribution in [2.45, 2.75) is 13.3 Å². The first kappa shape index (κ1) is 9.00. The standard InChI is InChI=1S/C9H14N2O/c1-3-8-4-5-10-9(6-8)11(2)7-12/h4-6,12H,3,7H2,1-2H3. The number of aromatic nitrogens is 1. The Kier molecular flexibility index (Phi) is 3.05. The molecule has 0 bridgehead atoms. The molecular formula is C9H14N2O. The molecule has 1 aromatic rings. The van der Waals surface area contributed by atoms with E-state index < -0.39 is 0 Å². The Morgan fingerprint density at radius 3 is 2.92 bits per heavy atom. The van der Waals surface area contributed by atoms with Crippen molar-refractivity contribution in [1.82, 2.24) is 4.98 Å². The fourth-order valence-electron chi connectivity index (χ4n) is 0.962. The van der Waals surface area contributed by atoms with Crippen molar-refractivity contribution in [1.29, 1.82) is 0 Å². The monoisotopic (exact) mass is 166 g/mol. The van der Waals surface area contributed by atoms with Crippen LogP contribution in [0.4, 0.5) is 5.82 Å². The lowest BCUT2D eigenvalue weighted by Gasteiger charge is -2.14. The molecule has 12 heavy (non-hydrogen) atoms. The van der Waals surface area contributed by atoms with Crippen molar-refractivity contribution in [2.24, 2.45) is 0 Å². The summed E-state index contributed by atoms with van der Waals surface area (Å²) in [5.74, 6) is 0.817. The molecule has 0 atom stereocenters. The van der Waals surface area contributed by atoms with Gasteiger partial charge in [-0.05, 0) is 24.1 Å². The highest BCUT2D eigenvalue weighted by Gasteiger charge is 1.99. The third-order valence-corrected chi connectivity index (χ3v) is 1.82. The number of aliphatic hydroxyl groups excluding tert-OH is 1. The van der Waals surface area contributed by atoms with E-state index in [9.17, 15) is 0 Å². The molecule has 0 saturated heterocycles. The van der Waals surface area contributed by atoms with E-state index in [1.807, 2.05) is 19.2 Å². The first-order valence-corrected chi connectivity index (χ1v) is 4.05. The minimum atomic E-state index is 0.000166. The van der Waals surface area contributed by atoms with Crippen LogP contribution >= 0.6 is 0 Å². The summed E-state index contributed by atoms with van der Waals surface area (Å²) in [6, 6.07) is 3.96. The molecule has 1 rings (SSSR count). The Labute approximate surface area is 72.7 Å². The summed E-state index contributed by atoms with van der Waals surface area (Å²) < 4.78 is 0. The zero-order chi connectivity index (χ0) is 8.97. The molecule has 0 fully saturated rings. The van der Waals surface area contributed by atoms with Gasteiger partial charge in [0.1, 0.15) is 12.5 Å². The average Bonchev–Trinajstić information content (AvgIpc) is 2.17. The van der Waals surface area contributed by atoms with Gasteiger partial charge in [-0.25, -0.2) is 4.98 Å². The van der Waals surface area contributed by atoms with Crippen molar-refractivity contribution in [3.8, 4) is 0 Å². The van der Waals surface area contributed by atoms with Crippen LogP contribution in [0.1, 0.15) is 12.5 Å². The van der Waals surface area contributed by atoms with Gasteiger partial charge < -0.3 is 10.0 Å². The predicted octanol–water partition coefficient (Wildman–Crippen LogP) is 1.03. The van der Waals surface area contributed by atoms with E-state index in [2.05, 4.69) is 11.9 Å². The molecule has 3 nitrogen and oxygen atoms in total. The summed E-state index contributed by atoms with van der Waals surface area (Å²) in [5, 5.41) is 8.84. The van der Waals surface area contributed by atoms with Gasteiger partial charge in [0, 0.05) is 13.2 Å². The number of anilines is 1. The van der Waals surface area contributed by atoms with Gasteiger partial charge in [-0.15, -0.1) is 0 Å². The fraction of sp³-hybridized carbons (Fsp3) is 0.444. The first-order valence-electron chi connectivity index (χ1n) is 4.05. The van der Waals surface area contributed by atoms with E-state index in [1.165, 1.54) is 5.56 Å². The molecule has 0 unspecified atom stereocenters. The largest absolute Gasteiger partial charge is 0.376 e. The highest BCUT2D eigenvalue weighted by Crippen LogP contribution is 2.10. The number of rotatable bonds is 3. The summed E-state index contributed by atoms with van der Waals surface area (Å²) >= 11 is 0. The Morgan fingerprint density at radius 2 is 2.33 bits per heavy atom. The molecule has 0 aliphatic carbocycles. The smallest absolute Gasteiger partial charge is 0.130 e. The quantitative estimate of drug-likeness (QED) is 0.681. The van der Waals surface area contributed by atoms with Gasteiger partial charge in [0.05, 0.1) is 0 Å². The molecule has 0 spiro atoms. The minimum absolute atomic E-state index is 0.000166. The molecule has 1 N–H and O–H groups in total. The molecule has 66 valence electrons. The van der Waals surface area contributed by atoms with Crippen LogP contribution in [-0.2, 0) is 6.42 Å². The van der Waals surface area contributed by atoms with Crippen LogP contribution in [0.3, 0.4) is 0 Å². The third kappa shape index (κ3) is 1.95. The Morgan fingerprint density at radius 1 is 1.58 bits per heavy atom. The first-order chi connectivity index (χ1) is 5.77. The molecule has 0 aliphatic heterocycles. The van der Waals surface area contributed by atoms with E-state index in [0.29, 0.717) is 0 Å². The molecule has 1 aromatic heterocycles. The molecule has 1 heterocycles. The van der Waals surface area contributed by atoms with Crippen LogP contribution < -0.4 is 4.90 Å². The lowest BCUT2D eigenvalue weighted by molar-refractivity contribution is 0.297. The number of pyridine rings is 1. The van der Waals surface area contributed by atoms with Gasteiger partial charge in [0.2, 0.25) is 0 Å². The third-order valence-electron chi connectivity index (χ3n) is 1.82. The minimum Gasteiger partial charge on any atom is -0.376 e. The molecule has 0 aromatic carbocycles. The zero-order valence-electron chi connectivity index (χ0n) is 7.49. The second-order valence-electron chi connectivity index (χ2n) is 2.72. The van der Waals surface area contributed by atoms with Crippen LogP contribution in [0.25, 0.3) is 0 Å². The van der Waals surface area contributed by atoms with Gasteiger partial charge in [0.15, 0.2) is 0 Å². The number of aliphatic hydroxyl groups is 1. The maximum absolute atomic E-state index is 8.84. The summed E-state index contributed by atoms with van der Waals surface area (Å²) in [6.07, 6.45) is 2.76. The molecule has 0 saturated carbocycles. The topological polar surface area (TPSA) is 36.4 Å². The molecule has 0 radical (unpaired) electrons. The molecule has 0 amide bonds. The molecular weight excluding hydrogens is 152 g/mol. The van der Waals surface area contributed by atoms with Crippen LogP contribution in [0, 0.1) is 0 Å². The van der Waals surface area contributed by atoms with E-state index in [1.54, 1.807) is 11.1 Å². The van der Waals surface area contributed by atoms with Gasteiger partial charge >= 0.3 is 0 Å². The van der Waals surface area contributed by atoms with Crippen LogP contribution in [-0.4, -0.2) is 23.9 Å². The van der Waals surface area contributed by atoms with Gasteiger partial charge in [-0.3, -0.25) is 0 Å². The van der Waals surface area contributed by atoms with Gasteiger partial charge in [-0.1, -0.05) is 6.92 Å². The summed E-state index contributed by atoms with van der Waals surface area (Å²) in [7, 11) is 1.81. The summed E-state index contributed by atoms with van der Waals surface area (Å²) in [6.45, 7) is 2.10. The second-order valence-corrected chi connectivity index (χ2v) is 2.72. The van der Waals surface area contributed by atoms with Crippen LogP contribution in [0.5, 0.6) is 0 Å². The van der Waals surface area contributed by atoms with Crippen molar-refractivity contribution < 1.29 is 5.11 Å². The predicted molar refractivity (Wildman–Crippen MR) is 49.1 cm³/mol. The Hall–Kier alpha value is -1.09. The zero-order valence-corrected chi connectivity index (χ0v) is 7.49. The number of aryl methyl sites for hydroxylation is 1. The van der Waals surface area contributed by atoms with Gasteiger partial charge in [0.25, 0.3) is 0 Å². The molecule has 3 heteroatoms. The van der Waals surface area contributed by atoms with E-state index >= 15 is 0 Å². The lowest BCUT2D eigenvalue weighted by Crippen LogP contribution is -2.18. The highest BCUT2D eigenvalue weighted by molar-refractivity contribution is 5.39. The summed E-state index contributed by atoms with van der Waals surface area (Å²) in [5.41, 5.74) is 1.24. The van der Waals surface area contributed by atoms with E-state index in [0.717, 1.165) is 12.2 Å². The highest BCUT2D eigenvalue weighted by atomic mass is 16.3. The Bertz CT molecular complexity index is 250. The van der Waals surface area contributed by atoms with Gasteiger partial charge in [-0.2, -0.15) is 0 Å². The SMILES string of the molecule is CCc1ccnc(N(C)CO)c1. The van der Waals surface area contributed by atoms with Crippen molar-refractivity contribution in [3.05, 3.63) is 23.9 Å². The van der Waals surface area contributed by atoms with E-state index in [-0.39, 0.29) is 6.73 Å². The van der Waals surface area contributed by atoms with Crippen molar-refractivity contribution in [2.75, 3.05) is 18.7 Å². The average molecular weight is 166 g/mol. The van der Waals surface area contributed by atoms with Crippen molar-refractivity contribution in [3.63, 3.8) is 0 Å². The second kappa shape index (κ2) is 4.07. The van der Waals surface area contributed by atoms with Crippen LogP contribution in [0.2, 0.25) is 0 Å². The Balaban J connectivity index is 2.86. The maximum Gasteiger partial charge on any atom is 0.130 e.